The van der Waals surface area contributed by atoms with Crippen molar-refractivity contribution in [2.24, 2.45) is 36.6 Å². The van der Waals surface area contributed by atoms with E-state index in [0.29, 0.717) is 18.4 Å². The molecule has 20 heavy (non-hydrogen) atoms. The number of aromatic nitrogens is 2. The largest absolute Gasteiger partial charge is 0.349 e. The van der Waals surface area contributed by atoms with E-state index in [-0.39, 0.29) is 11.8 Å². The number of carbonyl (C=O) groups excluding carboxylic acids is 1. The van der Waals surface area contributed by atoms with Crippen LogP contribution in [0.5, 0.6) is 0 Å². The van der Waals surface area contributed by atoms with E-state index in [1.807, 2.05) is 17.8 Å². The van der Waals surface area contributed by atoms with Crippen molar-refractivity contribution in [1.29, 1.82) is 0 Å². The predicted octanol–water partition coefficient (Wildman–Crippen LogP) is 2.11. The Kier molecular flexibility index (Phi) is 2.86. The Morgan fingerprint density at radius 2 is 1.90 bits per heavy atom. The molecule has 1 aromatic heterocycles. The quantitative estimate of drug-likeness (QED) is 0.917. The lowest BCUT2D eigenvalue weighted by molar-refractivity contribution is -0.138. The highest BCUT2D eigenvalue weighted by molar-refractivity contribution is 5.79. The van der Waals surface area contributed by atoms with Crippen molar-refractivity contribution in [2.45, 2.75) is 38.6 Å². The number of carbonyl (C=O) groups is 1. The molecule has 4 nitrogen and oxygen atoms in total. The van der Waals surface area contributed by atoms with Crippen LogP contribution in [-0.2, 0) is 18.4 Å². The Labute approximate surface area is 120 Å². The molecular formula is C16H23N3O. The van der Waals surface area contributed by atoms with Crippen LogP contribution in [0.1, 0.15) is 37.9 Å². The topological polar surface area (TPSA) is 46.9 Å². The highest BCUT2D eigenvalue weighted by Gasteiger charge is 2.50. The molecule has 0 aliphatic heterocycles. The van der Waals surface area contributed by atoms with Gasteiger partial charge in [0.25, 0.3) is 0 Å². The van der Waals surface area contributed by atoms with E-state index < -0.39 is 0 Å². The second kappa shape index (κ2) is 4.61. The molecule has 1 amide bonds. The zero-order valence-electron chi connectivity index (χ0n) is 12.1. The number of rotatable bonds is 3. The normalized spacial score (nSPS) is 38.1. The van der Waals surface area contributed by atoms with Gasteiger partial charge < -0.3 is 9.88 Å². The summed E-state index contributed by atoms with van der Waals surface area (Å²) in [5, 5.41) is 3.13. The summed E-state index contributed by atoms with van der Waals surface area (Å²) in [6.07, 6.45) is 10.3. The van der Waals surface area contributed by atoms with Gasteiger partial charge in [-0.05, 0) is 55.8 Å². The van der Waals surface area contributed by atoms with Crippen molar-refractivity contribution in [2.75, 3.05) is 0 Å². The molecule has 4 heteroatoms. The second-order valence-electron chi connectivity index (χ2n) is 7.13. The third-order valence-corrected chi connectivity index (χ3v) is 5.87. The van der Waals surface area contributed by atoms with E-state index >= 15 is 0 Å². The van der Waals surface area contributed by atoms with E-state index in [2.05, 4.69) is 10.3 Å². The van der Waals surface area contributed by atoms with Crippen LogP contribution in [0.15, 0.2) is 12.4 Å². The van der Waals surface area contributed by atoms with Gasteiger partial charge in [-0.3, -0.25) is 4.79 Å². The minimum absolute atomic E-state index is 0.279. The summed E-state index contributed by atoms with van der Waals surface area (Å²) in [6.45, 7) is 0.561. The number of amides is 1. The average Bonchev–Trinajstić information content (AvgIpc) is 2.80. The molecule has 0 atom stereocenters. The Hall–Kier alpha value is -1.32. The third-order valence-electron chi connectivity index (χ3n) is 5.87. The zero-order chi connectivity index (χ0) is 13.7. The Balaban J connectivity index is 1.43. The summed E-state index contributed by atoms with van der Waals surface area (Å²) in [6, 6.07) is 0. The maximum atomic E-state index is 12.6. The van der Waals surface area contributed by atoms with Gasteiger partial charge in [-0.25, -0.2) is 4.98 Å². The summed E-state index contributed by atoms with van der Waals surface area (Å²) < 4.78 is 1.97. The van der Waals surface area contributed by atoms with Gasteiger partial charge in [0.05, 0.1) is 6.54 Å². The molecule has 108 valence electrons. The first-order valence-corrected chi connectivity index (χ1v) is 7.94. The lowest BCUT2D eigenvalue weighted by Gasteiger charge is -2.53. The summed E-state index contributed by atoms with van der Waals surface area (Å²) in [4.78, 5) is 16.9. The number of imidazole rings is 1. The fourth-order valence-electron chi connectivity index (χ4n) is 5.20. The van der Waals surface area contributed by atoms with Crippen LogP contribution in [0.3, 0.4) is 0 Å². The van der Waals surface area contributed by atoms with Crippen LogP contribution in [0.25, 0.3) is 0 Å². The predicted molar refractivity (Wildman–Crippen MR) is 75.6 cm³/mol. The monoisotopic (exact) mass is 273 g/mol. The Morgan fingerprint density at radius 1 is 1.25 bits per heavy atom. The first kappa shape index (κ1) is 12.4. The minimum Gasteiger partial charge on any atom is -0.349 e. The standard InChI is InChI=1S/C16H23N3O/c1-19-3-2-17-14(19)9-18-16(20)15-12-5-10-4-11(7-12)8-13(15)6-10/h2-3,10-13,15H,4-9H2,1H3,(H,18,20). The molecule has 4 aliphatic carbocycles. The molecule has 1 aromatic rings. The lowest BCUT2D eigenvalue weighted by atomic mass is 9.51. The summed E-state index contributed by atoms with van der Waals surface area (Å²) in [7, 11) is 1.97. The second-order valence-corrected chi connectivity index (χ2v) is 7.13. The van der Waals surface area contributed by atoms with Gasteiger partial charge in [0, 0.05) is 25.4 Å². The molecule has 0 unspecified atom stereocenters. The molecule has 4 saturated carbocycles. The Bertz CT molecular complexity index is 494. The van der Waals surface area contributed by atoms with Crippen LogP contribution >= 0.6 is 0 Å². The van der Waals surface area contributed by atoms with Gasteiger partial charge >= 0.3 is 0 Å². The van der Waals surface area contributed by atoms with E-state index in [1.54, 1.807) is 6.20 Å². The molecule has 0 saturated heterocycles. The summed E-state index contributed by atoms with van der Waals surface area (Å²) in [5.41, 5.74) is 0. The van der Waals surface area contributed by atoms with Crippen molar-refractivity contribution in [1.82, 2.24) is 14.9 Å². The number of aryl methyl sites for hydroxylation is 1. The molecule has 0 spiro atoms. The van der Waals surface area contributed by atoms with Crippen LogP contribution in [0.2, 0.25) is 0 Å². The van der Waals surface area contributed by atoms with E-state index in [0.717, 1.165) is 17.7 Å². The van der Waals surface area contributed by atoms with Crippen molar-refractivity contribution >= 4 is 5.91 Å². The van der Waals surface area contributed by atoms with Gasteiger partial charge in [-0.15, -0.1) is 0 Å². The Morgan fingerprint density at radius 3 is 2.45 bits per heavy atom. The molecule has 4 fully saturated rings. The van der Waals surface area contributed by atoms with E-state index in [4.69, 9.17) is 0 Å². The molecule has 0 aromatic carbocycles. The number of hydrogen-bond donors (Lipinski definition) is 1. The van der Waals surface area contributed by atoms with Crippen molar-refractivity contribution in [3.05, 3.63) is 18.2 Å². The van der Waals surface area contributed by atoms with Crippen LogP contribution in [0.4, 0.5) is 0 Å². The highest BCUT2D eigenvalue weighted by Crippen LogP contribution is 2.56. The van der Waals surface area contributed by atoms with Gasteiger partial charge in [0.2, 0.25) is 5.91 Å². The van der Waals surface area contributed by atoms with Crippen molar-refractivity contribution in [3.8, 4) is 0 Å². The first-order chi connectivity index (χ1) is 9.70. The van der Waals surface area contributed by atoms with Crippen molar-refractivity contribution in [3.63, 3.8) is 0 Å². The van der Waals surface area contributed by atoms with E-state index in [1.165, 1.54) is 32.1 Å². The molecule has 5 rings (SSSR count). The SMILES string of the molecule is Cn1ccnc1CNC(=O)C1C2CC3CC(C2)CC1C3. The lowest BCUT2D eigenvalue weighted by Crippen LogP contribution is -2.50. The van der Waals surface area contributed by atoms with Gasteiger partial charge in [0.1, 0.15) is 5.82 Å². The molecule has 1 N–H and O–H groups in total. The maximum absolute atomic E-state index is 12.6. The van der Waals surface area contributed by atoms with Crippen LogP contribution < -0.4 is 5.32 Å². The van der Waals surface area contributed by atoms with Gasteiger partial charge in [0.15, 0.2) is 0 Å². The van der Waals surface area contributed by atoms with Crippen LogP contribution in [-0.4, -0.2) is 15.5 Å². The number of nitrogens with zero attached hydrogens (tertiary/aromatic N) is 2. The summed E-state index contributed by atoms with van der Waals surface area (Å²) in [5.74, 6) is 4.67. The highest BCUT2D eigenvalue weighted by atomic mass is 16.1. The van der Waals surface area contributed by atoms with Crippen molar-refractivity contribution < 1.29 is 4.79 Å². The fourth-order valence-corrected chi connectivity index (χ4v) is 5.20. The molecular weight excluding hydrogens is 250 g/mol. The molecule has 1 heterocycles. The average molecular weight is 273 g/mol. The molecule has 0 radical (unpaired) electrons. The van der Waals surface area contributed by atoms with E-state index in [9.17, 15) is 4.79 Å². The first-order valence-electron chi connectivity index (χ1n) is 7.94. The summed E-state index contributed by atoms with van der Waals surface area (Å²) >= 11 is 0. The fraction of sp³-hybridized carbons (Fsp3) is 0.750. The third kappa shape index (κ3) is 1.97. The zero-order valence-corrected chi connectivity index (χ0v) is 12.1. The number of nitrogens with one attached hydrogen (secondary N) is 1. The van der Waals surface area contributed by atoms with Gasteiger partial charge in [-0.2, -0.15) is 0 Å². The smallest absolute Gasteiger partial charge is 0.224 e. The molecule has 4 bridgehead atoms. The minimum atomic E-state index is 0.279. The van der Waals surface area contributed by atoms with Gasteiger partial charge in [-0.1, -0.05) is 0 Å². The van der Waals surface area contributed by atoms with Crippen LogP contribution in [0, 0.1) is 29.6 Å². The number of hydrogen-bond acceptors (Lipinski definition) is 2. The maximum Gasteiger partial charge on any atom is 0.224 e. The molecule has 4 aliphatic rings.